The van der Waals surface area contributed by atoms with E-state index in [9.17, 15) is 26.8 Å². The SMILES string of the molecule is O=C(COC(=O)c1ccc(S(=O)(=O)C(F)F)cc1)NCC1(N2CCOCC2)CCCCC1. The van der Waals surface area contributed by atoms with E-state index in [1.165, 1.54) is 6.42 Å². The van der Waals surface area contributed by atoms with Gasteiger partial charge in [0.2, 0.25) is 9.84 Å². The van der Waals surface area contributed by atoms with Crippen LogP contribution in [0.5, 0.6) is 0 Å². The summed E-state index contributed by atoms with van der Waals surface area (Å²) in [4.78, 5) is 26.2. The second-order valence-corrected chi connectivity index (χ2v) is 9.99. The number of hydrogen-bond acceptors (Lipinski definition) is 7. The Morgan fingerprint density at radius 2 is 1.72 bits per heavy atom. The van der Waals surface area contributed by atoms with E-state index >= 15 is 0 Å². The molecule has 0 radical (unpaired) electrons. The molecule has 3 rings (SSSR count). The van der Waals surface area contributed by atoms with Crippen molar-refractivity contribution in [3.63, 3.8) is 0 Å². The van der Waals surface area contributed by atoms with Gasteiger partial charge in [0.05, 0.1) is 23.7 Å². The zero-order valence-electron chi connectivity index (χ0n) is 17.7. The number of ether oxygens (including phenoxy) is 2. The van der Waals surface area contributed by atoms with Crippen molar-refractivity contribution in [3.8, 4) is 0 Å². The summed E-state index contributed by atoms with van der Waals surface area (Å²) in [5, 5.41) is 2.88. The lowest BCUT2D eigenvalue weighted by Crippen LogP contribution is -2.59. The lowest BCUT2D eigenvalue weighted by atomic mass is 9.79. The number of halogens is 2. The zero-order chi connectivity index (χ0) is 23.2. The van der Waals surface area contributed by atoms with Crippen LogP contribution in [0.3, 0.4) is 0 Å². The Morgan fingerprint density at radius 1 is 1.09 bits per heavy atom. The summed E-state index contributed by atoms with van der Waals surface area (Å²) in [5.41, 5.74) is -0.156. The van der Waals surface area contributed by atoms with Gasteiger partial charge in [-0.1, -0.05) is 19.3 Å². The molecule has 32 heavy (non-hydrogen) atoms. The summed E-state index contributed by atoms with van der Waals surface area (Å²) >= 11 is 0. The highest BCUT2D eigenvalue weighted by Gasteiger charge is 2.38. The van der Waals surface area contributed by atoms with Crippen LogP contribution in [-0.4, -0.2) is 75.9 Å². The molecular weight excluding hydrogens is 446 g/mol. The van der Waals surface area contributed by atoms with Crippen molar-refractivity contribution in [2.24, 2.45) is 0 Å². The van der Waals surface area contributed by atoms with Gasteiger partial charge in [0.15, 0.2) is 6.61 Å². The van der Waals surface area contributed by atoms with Crippen LogP contribution in [0.15, 0.2) is 29.2 Å². The number of sulfone groups is 1. The second-order valence-electron chi connectivity index (χ2n) is 8.07. The van der Waals surface area contributed by atoms with Gasteiger partial charge in [0, 0.05) is 25.2 Å². The maximum absolute atomic E-state index is 12.6. The molecule has 1 aliphatic heterocycles. The average molecular weight is 475 g/mol. The Kier molecular flexibility index (Phi) is 8.18. The summed E-state index contributed by atoms with van der Waals surface area (Å²) in [7, 11) is -4.74. The van der Waals surface area contributed by atoms with Gasteiger partial charge in [0.1, 0.15) is 0 Å². The first kappa shape index (κ1) is 24.5. The van der Waals surface area contributed by atoms with Crippen molar-refractivity contribution in [1.82, 2.24) is 10.2 Å². The molecule has 1 saturated heterocycles. The molecule has 0 bridgehead atoms. The van der Waals surface area contributed by atoms with Crippen LogP contribution in [0.25, 0.3) is 0 Å². The Hall–Kier alpha value is -2.11. The molecule has 11 heteroatoms. The molecular formula is C21H28F2N2O6S. The largest absolute Gasteiger partial charge is 0.452 e. The fourth-order valence-electron chi connectivity index (χ4n) is 4.26. The predicted molar refractivity (Wildman–Crippen MR) is 111 cm³/mol. The molecule has 1 amide bonds. The quantitative estimate of drug-likeness (QED) is 0.575. The number of benzene rings is 1. The lowest BCUT2D eigenvalue weighted by Gasteiger charge is -2.48. The van der Waals surface area contributed by atoms with Crippen LogP contribution in [0.1, 0.15) is 42.5 Å². The van der Waals surface area contributed by atoms with E-state index in [0.29, 0.717) is 19.8 Å². The minimum atomic E-state index is -4.74. The third-order valence-electron chi connectivity index (χ3n) is 6.07. The second kappa shape index (κ2) is 10.7. The van der Waals surface area contributed by atoms with Crippen molar-refractivity contribution >= 4 is 21.7 Å². The van der Waals surface area contributed by atoms with E-state index in [1.54, 1.807) is 0 Å². The molecule has 0 spiro atoms. The van der Waals surface area contributed by atoms with Gasteiger partial charge in [-0.2, -0.15) is 8.78 Å². The molecule has 1 aromatic rings. The van der Waals surface area contributed by atoms with E-state index in [0.717, 1.165) is 63.0 Å². The van der Waals surface area contributed by atoms with Gasteiger partial charge >= 0.3 is 11.7 Å². The van der Waals surface area contributed by atoms with Crippen LogP contribution >= 0.6 is 0 Å². The number of rotatable bonds is 8. The smallest absolute Gasteiger partial charge is 0.341 e. The third kappa shape index (κ3) is 5.81. The highest BCUT2D eigenvalue weighted by Crippen LogP contribution is 2.33. The van der Waals surface area contributed by atoms with E-state index < -0.39 is 39.0 Å². The molecule has 1 heterocycles. The van der Waals surface area contributed by atoms with Gasteiger partial charge < -0.3 is 14.8 Å². The van der Waals surface area contributed by atoms with E-state index in [2.05, 4.69) is 10.2 Å². The van der Waals surface area contributed by atoms with E-state index in [1.807, 2.05) is 0 Å². The van der Waals surface area contributed by atoms with Gasteiger partial charge in [-0.05, 0) is 37.1 Å². The topological polar surface area (TPSA) is 102 Å². The fraction of sp³-hybridized carbons (Fsp3) is 0.619. The van der Waals surface area contributed by atoms with Crippen LogP contribution in [0.4, 0.5) is 8.78 Å². The molecule has 0 aromatic heterocycles. The van der Waals surface area contributed by atoms with Crippen LogP contribution in [-0.2, 0) is 24.1 Å². The number of hydrogen-bond donors (Lipinski definition) is 1. The number of amides is 1. The molecule has 1 saturated carbocycles. The molecule has 1 aliphatic carbocycles. The maximum atomic E-state index is 12.6. The third-order valence-corrected chi connectivity index (χ3v) is 7.47. The highest BCUT2D eigenvalue weighted by atomic mass is 32.2. The number of nitrogens with one attached hydrogen (secondary N) is 1. The van der Waals surface area contributed by atoms with Crippen LogP contribution in [0, 0.1) is 0 Å². The summed E-state index contributed by atoms with van der Waals surface area (Å²) in [6.45, 7) is 2.96. The zero-order valence-corrected chi connectivity index (χ0v) is 18.5. The highest BCUT2D eigenvalue weighted by molar-refractivity contribution is 7.91. The first-order valence-corrected chi connectivity index (χ1v) is 12.2. The minimum Gasteiger partial charge on any atom is -0.452 e. The van der Waals surface area contributed by atoms with Gasteiger partial charge in [-0.3, -0.25) is 9.69 Å². The number of carbonyl (C=O) groups is 2. The number of nitrogens with zero attached hydrogens (tertiary/aromatic N) is 1. The molecule has 0 atom stereocenters. The number of alkyl halides is 2. The molecule has 1 aromatic carbocycles. The molecule has 8 nitrogen and oxygen atoms in total. The van der Waals surface area contributed by atoms with Crippen LogP contribution < -0.4 is 5.32 Å². The Bertz CT molecular complexity index is 895. The minimum absolute atomic E-state index is 0.0388. The van der Waals surface area contributed by atoms with Gasteiger partial charge in [-0.25, -0.2) is 13.2 Å². The Balaban J connectivity index is 1.52. The van der Waals surface area contributed by atoms with E-state index in [-0.39, 0.29) is 11.1 Å². The van der Waals surface area contributed by atoms with Crippen LogP contribution in [0.2, 0.25) is 0 Å². The first-order valence-electron chi connectivity index (χ1n) is 10.6. The fourth-order valence-corrected chi connectivity index (χ4v) is 4.99. The lowest BCUT2D eigenvalue weighted by molar-refractivity contribution is -0.125. The number of esters is 1. The van der Waals surface area contributed by atoms with Crippen molar-refractivity contribution in [2.45, 2.75) is 48.3 Å². The van der Waals surface area contributed by atoms with Crippen molar-refractivity contribution < 1.29 is 36.3 Å². The molecule has 1 N–H and O–H groups in total. The average Bonchev–Trinajstić information content (AvgIpc) is 2.82. The molecule has 2 aliphatic rings. The Labute approximate surface area is 186 Å². The summed E-state index contributed by atoms with van der Waals surface area (Å²) in [6, 6.07) is 3.97. The van der Waals surface area contributed by atoms with Crippen molar-refractivity contribution in [3.05, 3.63) is 29.8 Å². The summed E-state index contributed by atoms with van der Waals surface area (Å²) in [6.07, 6.45) is 5.34. The normalized spacial score (nSPS) is 19.5. The van der Waals surface area contributed by atoms with Gasteiger partial charge in [-0.15, -0.1) is 0 Å². The molecule has 0 unspecified atom stereocenters. The molecule has 2 fully saturated rings. The van der Waals surface area contributed by atoms with Crippen molar-refractivity contribution in [1.29, 1.82) is 0 Å². The summed E-state index contributed by atoms with van der Waals surface area (Å²) < 4.78 is 58.5. The monoisotopic (exact) mass is 474 g/mol. The number of morpholine rings is 1. The first-order chi connectivity index (χ1) is 15.2. The predicted octanol–water partition coefficient (Wildman–Crippen LogP) is 1.99. The van der Waals surface area contributed by atoms with Crippen molar-refractivity contribution in [2.75, 3.05) is 39.5 Å². The van der Waals surface area contributed by atoms with E-state index in [4.69, 9.17) is 9.47 Å². The standard InChI is InChI=1S/C21H28F2N2O6S/c22-20(23)32(28,29)17-6-4-16(5-7-17)19(27)31-14-18(26)24-15-21(8-2-1-3-9-21)25-10-12-30-13-11-25/h4-7,20H,1-3,8-15H2,(H,24,26). The summed E-state index contributed by atoms with van der Waals surface area (Å²) in [5.74, 6) is -4.83. The van der Waals surface area contributed by atoms with Gasteiger partial charge in [0.25, 0.3) is 5.91 Å². The maximum Gasteiger partial charge on any atom is 0.341 e. The molecule has 178 valence electrons. The number of carbonyl (C=O) groups excluding carboxylic acids is 2. The Morgan fingerprint density at radius 3 is 2.31 bits per heavy atom.